The molecule has 7 nitrogen and oxygen atoms in total. The summed E-state index contributed by atoms with van der Waals surface area (Å²) in [6, 6.07) is 6.21. The third-order valence-electron chi connectivity index (χ3n) is 5.87. The van der Waals surface area contributed by atoms with Crippen LogP contribution in [0, 0.1) is 11.6 Å². The molecule has 2 amide bonds. The topological polar surface area (TPSA) is 84.2 Å². The number of nitrogens with zero attached hydrogens (tertiary/aromatic N) is 4. The molecule has 2 fully saturated rings. The van der Waals surface area contributed by atoms with Gasteiger partial charge in [-0.1, -0.05) is 5.16 Å². The number of anilines is 1. The first-order valence-electron chi connectivity index (χ1n) is 9.87. The van der Waals surface area contributed by atoms with Gasteiger partial charge in [0.1, 0.15) is 11.6 Å². The average Bonchev–Trinajstić information content (AvgIpc) is 3.34. The molecule has 0 aliphatic carbocycles. The largest absolute Gasteiger partial charge is 0.339 e. The Hall–Kier alpha value is -3.36. The molecule has 2 saturated heterocycles. The lowest BCUT2D eigenvalue weighted by Gasteiger charge is -2.37. The van der Waals surface area contributed by atoms with Gasteiger partial charge in [-0.15, -0.1) is 0 Å². The van der Waals surface area contributed by atoms with E-state index in [1.165, 1.54) is 0 Å². The van der Waals surface area contributed by atoms with Crippen molar-refractivity contribution in [2.24, 2.45) is 0 Å². The minimum Gasteiger partial charge on any atom is -0.339 e. The second-order valence-corrected chi connectivity index (χ2v) is 7.71. The quantitative estimate of drug-likeness (QED) is 0.693. The van der Waals surface area contributed by atoms with Gasteiger partial charge < -0.3 is 14.7 Å². The van der Waals surface area contributed by atoms with Gasteiger partial charge in [0.15, 0.2) is 0 Å². The molecule has 1 aromatic carbocycles. The second kappa shape index (κ2) is 7.47. The smallest absolute Gasteiger partial charge is 0.322 e. The molecule has 2 aliphatic heterocycles. The van der Waals surface area contributed by atoms with E-state index in [0.717, 1.165) is 36.6 Å². The van der Waals surface area contributed by atoms with Crippen molar-refractivity contribution in [3.63, 3.8) is 0 Å². The normalized spacial score (nSPS) is 22.9. The molecule has 0 spiro atoms. The molecular formula is C21H19F2N5O2. The Morgan fingerprint density at radius 3 is 2.57 bits per heavy atom. The molecule has 2 aromatic heterocycles. The first-order chi connectivity index (χ1) is 14.6. The summed E-state index contributed by atoms with van der Waals surface area (Å²) in [6.45, 7) is 0. The zero-order valence-electron chi connectivity index (χ0n) is 16.0. The molecule has 3 atom stereocenters. The third-order valence-corrected chi connectivity index (χ3v) is 5.87. The van der Waals surface area contributed by atoms with E-state index in [1.54, 1.807) is 17.3 Å². The van der Waals surface area contributed by atoms with Crippen LogP contribution in [0.5, 0.6) is 0 Å². The van der Waals surface area contributed by atoms with Crippen LogP contribution in [0.15, 0.2) is 47.2 Å². The molecule has 9 heteroatoms. The van der Waals surface area contributed by atoms with Crippen LogP contribution in [0.4, 0.5) is 19.3 Å². The van der Waals surface area contributed by atoms with Gasteiger partial charge in [-0.3, -0.25) is 4.98 Å². The fraction of sp³-hybridized carbons (Fsp3) is 0.333. The van der Waals surface area contributed by atoms with Gasteiger partial charge in [0.25, 0.3) is 0 Å². The van der Waals surface area contributed by atoms with Gasteiger partial charge in [-0.2, -0.15) is 4.98 Å². The zero-order chi connectivity index (χ0) is 20.7. The van der Waals surface area contributed by atoms with E-state index in [1.807, 2.05) is 12.1 Å². The molecule has 0 radical (unpaired) electrons. The van der Waals surface area contributed by atoms with Crippen molar-refractivity contribution in [1.29, 1.82) is 0 Å². The fourth-order valence-corrected chi connectivity index (χ4v) is 4.50. The van der Waals surface area contributed by atoms with Crippen molar-refractivity contribution < 1.29 is 18.1 Å². The van der Waals surface area contributed by atoms with Crippen LogP contribution >= 0.6 is 0 Å². The van der Waals surface area contributed by atoms with Crippen LogP contribution in [0.3, 0.4) is 0 Å². The molecule has 154 valence electrons. The Balaban J connectivity index is 1.30. The Kier molecular flexibility index (Phi) is 4.65. The lowest BCUT2D eigenvalue weighted by atomic mass is 9.91. The number of urea groups is 1. The SMILES string of the molecule is O=C(Nc1cc(F)ccc1F)N1[C@@H]2CC[C@H]1CC(c1nc(-c3ccncc3)no1)C2. The van der Waals surface area contributed by atoms with Crippen LogP contribution in [0.1, 0.15) is 37.5 Å². The van der Waals surface area contributed by atoms with Crippen molar-refractivity contribution in [1.82, 2.24) is 20.0 Å². The van der Waals surface area contributed by atoms with Crippen molar-refractivity contribution >= 4 is 11.7 Å². The van der Waals surface area contributed by atoms with Gasteiger partial charge in [0.05, 0.1) is 5.69 Å². The summed E-state index contributed by atoms with van der Waals surface area (Å²) >= 11 is 0. The van der Waals surface area contributed by atoms with Gasteiger partial charge in [-0.05, 0) is 49.9 Å². The average molecular weight is 411 g/mol. The van der Waals surface area contributed by atoms with E-state index in [4.69, 9.17) is 4.52 Å². The maximum atomic E-state index is 13.9. The number of halogens is 2. The summed E-state index contributed by atoms with van der Waals surface area (Å²) in [5.74, 6) is -0.131. The Labute approximate surface area is 171 Å². The number of pyridine rings is 1. The number of carbonyl (C=O) groups excluding carboxylic acids is 1. The number of hydrogen-bond acceptors (Lipinski definition) is 5. The second-order valence-electron chi connectivity index (χ2n) is 7.71. The number of hydrogen-bond donors (Lipinski definition) is 1. The Bertz CT molecular complexity index is 1060. The first kappa shape index (κ1) is 18.7. The van der Waals surface area contributed by atoms with Crippen LogP contribution in [-0.4, -0.2) is 38.1 Å². The number of fused-ring (bicyclic) bond motifs is 2. The fourth-order valence-electron chi connectivity index (χ4n) is 4.50. The maximum absolute atomic E-state index is 13.9. The van der Waals surface area contributed by atoms with E-state index < -0.39 is 17.7 Å². The first-order valence-corrected chi connectivity index (χ1v) is 9.87. The molecule has 4 heterocycles. The van der Waals surface area contributed by atoms with E-state index in [-0.39, 0.29) is 23.7 Å². The number of carbonyl (C=O) groups is 1. The number of rotatable bonds is 3. The third kappa shape index (κ3) is 3.40. The van der Waals surface area contributed by atoms with E-state index in [9.17, 15) is 13.6 Å². The molecule has 2 aliphatic rings. The van der Waals surface area contributed by atoms with Gasteiger partial charge in [-0.25, -0.2) is 13.6 Å². The van der Waals surface area contributed by atoms with Gasteiger partial charge in [0.2, 0.25) is 11.7 Å². The van der Waals surface area contributed by atoms with Gasteiger partial charge in [0, 0.05) is 42.0 Å². The summed E-state index contributed by atoms with van der Waals surface area (Å²) in [6.07, 6.45) is 6.42. The van der Waals surface area contributed by atoms with Gasteiger partial charge >= 0.3 is 6.03 Å². The predicted molar refractivity (Wildman–Crippen MR) is 104 cm³/mol. The molecular weight excluding hydrogens is 392 g/mol. The van der Waals surface area contributed by atoms with Crippen molar-refractivity contribution in [2.45, 2.75) is 43.7 Å². The summed E-state index contributed by atoms with van der Waals surface area (Å²) in [4.78, 5) is 23.1. The highest BCUT2D eigenvalue weighted by Gasteiger charge is 2.45. The highest BCUT2D eigenvalue weighted by Crippen LogP contribution is 2.43. The van der Waals surface area contributed by atoms with Crippen LogP contribution in [-0.2, 0) is 0 Å². The molecule has 2 bridgehead atoms. The van der Waals surface area contributed by atoms with Crippen LogP contribution < -0.4 is 5.32 Å². The number of piperidine rings is 1. The van der Waals surface area contributed by atoms with E-state index in [2.05, 4.69) is 20.4 Å². The number of aromatic nitrogens is 3. The number of benzene rings is 1. The van der Waals surface area contributed by atoms with Crippen molar-refractivity contribution in [3.05, 3.63) is 60.3 Å². The monoisotopic (exact) mass is 411 g/mol. The number of amides is 2. The summed E-state index contributed by atoms with van der Waals surface area (Å²) < 4.78 is 32.8. The minimum absolute atomic E-state index is 0.0124. The highest BCUT2D eigenvalue weighted by molar-refractivity contribution is 5.90. The highest BCUT2D eigenvalue weighted by atomic mass is 19.1. The summed E-state index contributed by atoms with van der Waals surface area (Å²) in [5, 5.41) is 6.59. The molecule has 0 saturated carbocycles. The lowest BCUT2D eigenvalue weighted by molar-refractivity contribution is 0.140. The summed E-state index contributed by atoms with van der Waals surface area (Å²) in [7, 11) is 0. The van der Waals surface area contributed by atoms with Crippen LogP contribution in [0.25, 0.3) is 11.4 Å². The number of nitrogens with one attached hydrogen (secondary N) is 1. The van der Waals surface area contributed by atoms with E-state index >= 15 is 0 Å². The molecule has 3 aromatic rings. The lowest BCUT2D eigenvalue weighted by Crippen LogP contribution is -2.48. The molecule has 30 heavy (non-hydrogen) atoms. The van der Waals surface area contributed by atoms with Crippen molar-refractivity contribution in [2.75, 3.05) is 5.32 Å². The predicted octanol–water partition coefficient (Wildman–Crippen LogP) is 4.35. The minimum atomic E-state index is -0.665. The summed E-state index contributed by atoms with van der Waals surface area (Å²) in [5.41, 5.74) is 0.678. The van der Waals surface area contributed by atoms with Crippen molar-refractivity contribution in [3.8, 4) is 11.4 Å². The van der Waals surface area contributed by atoms with Crippen LogP contribution in [0.2, 0.25) is 0 Å². The molecule has 1 N–H and O–H groups in total. The van der Waals surface area contributed by atoms with E-state index in [0.29, 0.717) is 24.6 Å². The standard InChI is InChI=1S/C21H19F2N5O2/c22-14-1-4-17(23)18(11-14)25-21(29)28-15-2-3-16(28)10-13(9-15)20-26-19(27-30-20)12-5-7-24-8-6-12/h1,4-8,11,13,15-16H,2-3,9-10H2,(H,25,29)/t13?,15-,16+. The maximum Gasteiger partial charge on any atom is 0.322 e. The molecule has 5 rings (SSSR count). The zero-order valence-corrected chi connectivity index (χ0v) is 16.0. The Morgan fingerprint density at radius 2 is 1.83 bits per heavy atom. The molecule has 1 unspecified atom stereocenters. The Morgan fingerprint density at radius 1 is 1.10 bits per heavy atom.